The van der Waals surface area contributed by atoms with E-state index < -0.39 is 48.4 Å². The number of urea groups is 1. The molecule has 0 aliphatic carbocycles. The van der Waals surface area contributed by atoms with Gasteiger partial charge >= 0.3 is 12.0 Å². The molecular formula is C32H39N5O6. The summed E-state index contributed by atoms with van der Waals surface area (Å²) in [6.07, 6.45) is 0.213. The van der Waals surface area contributed by atoms with Crippen molar-refractivity contribution in [3.05, 3.63) is 71.8 Å². The fraction of sp³-hybridized carbons (Fsp3) is 0.344. The van der Waals surface area contributed by atoms with E-state index in [9.17, 15) is 29.1 Å². The average molecular weight is 590 g/mol. The fourth-order valence-corrected chi connectivity index (χ4v) is 4.97. The molecule has 11 nitrogen and oxygen atoms in total. The minimum Gasteiger partial charge on any atom is -0.481 e. The molecule has 228 valence electrons. The van der Waals surface area contributed by atoms with Crippen LogP contribution in [0.3, 0.4) is 0 Å². The number of benzene rings is 3. The van der Waals surface area contributed by atoms with Gasteiger partial charge in [-0.05, 0) is 51.8 Å². The summed E-state index contributed by atoms with van der Waals surface area (Å²) in [7, 11) is 0. The average Bonchev–Trinajstić information content (AvgIpc) is 2.96. The van der Waals surface area contributed by atoms with Crippen LogP contribution in [0.25, 0.3) is 21.9 Å². The van der Waals surface area contributed by atoms with E-state index in [-0.39, 0.29) is 19.4 Å². The molecule has 0 aromatic heterocycles. The summed E-state index contributed by atoms with van der Waals surface area (Å²) < 4.78 is 0. The molecule has 0 bridgehead atoms. The first-order valence-corrected chi connectivity index (χ1v) is 14.2. The van der Waals surface area contributed by atoms with Gasteiger partial charge in [0.1, 0.15) is 6.04 Å². The second kappa shape index (κ2) is 15.3. The summed E-state index contributed by atoms with van der Waals surface area (Å²) in [5.41, 5.74) is 8.90. The monoisotopic (exact) mass is 589 g/mol. The molecule has 2 atom stereocenters. The van der Waals surface area contributed by atoms with Gasteiger partial charge in [0.25, 0.3) is 0 Å². The number of nitrogens with two attached hydrogens (primary N) is 1. The number of amides is 5. The zero-order valence-electron chi connectivity index (χ0n) is 24.6. The van der Waals surface area contributed by atoms with Crippen LogP contribution in [-0.2, 0) is 19.2 Å². The lowest BCUT2D eigenvalue weighted by Gasteiger charge is -2.20. The smallest absolute Gasteiger partial charge is 0.312 e. The highest BCUT2D eigenvalue weighted by molar-refractivity contribution is 5.99. The Hall–Kier alpha value is -4.93. The summed E-state index contributed by atoms with van der Waals surface area (Å²) in [5, 5.41) is 21.9. The third kappa shape index (κ3) is 9.56. The Balaban J connectivity index is 1.70. The van der Waals surface area contributed by atoms with E-state index in [1.165, 1.54) is 17.9 Å². The summed E-state index contributed by atoms with van der Waals surface area (Å²) in [6, 6.07) is 17.4. The molecule has 3 rings (SSSR count). The van der Waals surface area contributed by atoms with Crippen LogP contribution in [0.15, 0.2) is 60.7 Å². The second-order valence-corrected chi connectivity index (χ2v) is 10.6. The van der Waals surface area contributed by atoms with Crippen LogP contribution < -0.4 is 27.0 Å². The Morgan fingerprint density at radius 2 is 1.53 bits per heavy atom. The van der Waals surface area contributed by atoms with Gasteiger partial charge in [-0.1, -0.05) is 74.5 Å². The summed E-state index contributed by atoms with van der Waals surface area (Å²) in [4.78, 5) is 59.4. The Bertz CT molecular complexity index is 1470. The lowest BCUT2D eigenvalue weighted by Crippen LogP contribution is -2.49. The van der Waals surface area contributed by atoms with Gasteiger partial charge in [-0.15, -0.1) is 0 Å². The molecule has 43 heavy (non-hydrogen) atoms. The first-order valence-electron chi connectivity index (χ1n) is 14.2. The quantitative estimate of drug-likeness (QED) is 0.157. The maximum absolute atomic E-state index is 12.7. The number of rotatable bonds is 14. The topological polar surface area (TPSA) is 180 Å². The molecule has 3 aromatic carbocycles. The van der Waals surface area contributed by atoms with Crippen LogP contribution in [0.5, 0.6) is 0 Å². The Kier molecular flexibility index (Phi) is 11.6. The molecule has 0 fully saturated rings. The van der Waals surface area contributed by atoms with E-state index >= 15 is 0 Å². The zero-order valence-corrected chi connectivity index (χ0v) is 24.6. The first kappa shape index (κ1) is 32.6. The highest BCUT2D eigenvalue weighted by Crippen LogP contribution is 2.34. The highest BCUT2D eigenvalue weighted by atomic mass is 16.4. The molecule has 0 unspecified atom stereocenters. The molecule has 5 amide bonds. The fourth-order valence-electron chi connectivity index (χ4n) is 4.97. The van der Waals surface area contributed by atoms with Crippen LogP contribution in [0.2, 0.25) is 0 Å². The molecule has 3 aromatic rings. The lowest BCUT2D eigenvalue weighted by molar-refractivity contribution is -0.138. The van der Waals surface area contributed by atoms with Crippen molar-refractivity contribution in [1.82, 2.24) is 21.3 Å². The normalized spacial score (nSPS) is 12.3. The van der Waals surface area contributed by atoms with Gasteiger partial charge < -0.3 is 32.1 Å². The van der Waals surface area contributed by atoms with Gasteiger partial charge in [-0.2, -0.15) is 0 Å². The number of fused-ring (bicyclic) bond motifs is 1. The Morgan fingerprint density at radius 3 is 2.14 bits per heavy atom. The zero-order chi connectivity index (χ0) is 31.5. The predicted molar refractivity (Wildman–Crippen MR) is 164 cm³/mol. The number of aliphatic carboxylic acids is 1. The van der Waals surface area contributed by atoms with E-state index in [0.717, 1.165) is 16.5 Å². The van der Waals surface area contributed by atoms with E-state index in [2.05, 4.69) is 59.4 Å². The molecular weight excluding hydrogens is 550 g/mol. The second-order valence-electron chi connectivity index (χ2n) is 10.6. The molecule has 0 heterocycles. The predicted octanol–water partition coefficient (Wildman–Crippen LogP) is 3.33. The maximum Gasteiger partial charge on any atom is 0.312 e. The lowest BCUT2D eigenvalue weighted by atomic mass is 9.90. The standard InChI is InChI=1S/C32H39N5O6/c1-19(2)23-14-15-24(26-8-5-4-7-25(23)26)21-10-12-22(13-11-21)28(17-30(40)41)37-29(39)18-35-31(42)27(36-20(3)38)9-6-16-34-32(33)43/h4-5,7-8,10-15,19,27-28H,6,9,16-18H2,1-3H3,(H,35,42)(H,36,38)(H,37,39)(H,40,41)(H3,33,34,43)/t27-,28-/m0/s1. The van der Waals surface area contributed by atoms with Gasteiger partial charge in [0, 0.05) is 13.5 Å². The van der Waals surface area contributed by atoms with E-state index in [4.69, 9.17) is 5.73 Å². The van der Waals surface area contributed by atoms with Gasteiger partial charge in [0.15, 0.2) is 0 Å². The number of hydrogen-bond acceptors (Lipinski definition) is 5. The molecule has 0 spiro atoms. The number of carboxylic acid groups (broad SMARTS) is 1. The number of nitrogens with one attached hydrogen (secondary N) is 4. The van der Waals surface area contributed by atoms with Gasteiger partial charge in [0.2, 0.25) is 17.7 Å². The number of carbonyl (C=O) groups excluding carboxylic acids is 4. The highest BCUT2D eigenvalue weighted by Gasteiger charge is 2.22. The van der Waals surface area contributed by atoms with Crippen molar-refractivity contribution in [3.63, 3.8) is 0 Å². The van der Waals surface area contributed by atoms with E-state index in [1.54, 1.807) is 12.1 Å². The summed E-state index contributed by atoms with van der Waals surface area (Å²) in [5.74, 6) is -2.33. The first-order chi connectivity index (χ1) is 20.5. The minimum absolute atomic E-state index is 0.205. The van der Waals surface area contributed by atoms with Crippen LogP contribution in [0.4, 0.5) is 4.79 Å². The van der Waals surface area contributed by atoms with Crippen molar-refractivity contribution in [2.75, 3.05) is 13.1 Å². The molecule has 0 aliphatic heterocycles. The SMILES string of the molecule is CC(=O)N[C@@H](CCCNC(N)=O)C(=O)NCC(=O)N[C@@H](CC(=O)O)c1ccc(-c2ccc(C(C)C)c3ccccc23)cc1. The molecule has 0 radical (unpaired) electrons. The number of carboxylic acids is 1. The Morgan fingerprint density at radius 1 is 0.860 bits per heavy atom. The van der Waals surface area contributed by atoms with Crippen LogP contribution >= 0.6 is 0 Å². The van der Waals surface area contributed by atoms with Crippen LogP contribution in [0, 0.1) is 0 Å². The van der Waals surface area contributed by atoms with Gasteiger partial charge in [-0.3, -0.25) is 19.2 Å². The van der Waals surface area contributed by atoms with E-state index in [0.29, 0.717) is 17.9 Å². The molecule has 0 aliphatic rings. The minimum atomic E-state index is -1.09. The van der Waals surface area contributed by atoms with Gasteiger partial charge in [-0.25, -0.2) is 4.79 Å². The van der Waals surface area contributed by atoms with Crippen molar-refractivity contribution in [1.29, 1.82) is 0 Å². The molecule has 0 saturated heterocycles. The van der Waals surface area contributed by atoms with E-state index in [1.807, 2.05) is 24.3 Å². The largest absolute Gasteiger partial charge is 0.481 e. The van der Waals surface area contributed by atoms with Crippen molar-refractivity contribution in [2.45, 2.75) is 58.0 Å². The number of hydrogen-bond donors (Lipinski definition) is 6. The van der Waals surface area contributed by atoms with Crippen LogP contribution in [-0.4, -0.2) is 54.0 Å². The maximum atomic E-state index is 12.7. The third-order valence-corrected chi connectivity index (χ3v) is 7.00. The van der Waals surface area contributed by atoms with Crippen molar-refractivity contribution < 1.29 is 29.1 Å². The summed E-state index contributed by atoms with van der Waals surface area (Å²) in [6.45, 7) is 5.38. The molecule has 7 N–H and O–H groups in total. The van der Waals surface area contributed by atoms with Crippen molar-refractivity contribution >= 4 is 40.5 Å². The van der Waals surface area contributed by atoms with Gasteiger partial charge in [0.05, 0.1) is 19.0 Å². The van der Waals surface area contributed by atoms with Crippen LogP contribution in [0.1, 0.15) is 63.1 Å². The Labute approximate surface area is 250 Å². The molecule has 11 heteroatoms. The third-order valence-electron chi connectivity index (χ3n) is 7.00. The van der Waals surface area contributed by atoms with Crippen molar-refractivity contribution in [2.24, 2.45) is 5.73 Å². The van der Waals surface area contributed by atoms with Crippen molar-refractivity contribution in [3.8, 4) is 11.1 Å². The number of carbonyl (C=O) groups is 5. The number of primary amides is 1. The molecule has 0 saturated carbocycles. The summed E-state index contributed by atoms with van der Waals surface area (Å²) >= 11 is 0.